The van der Waals surface area contributed by atoms with Crippen LogP contribution < -0.4 is 5.73 Å². The Hall–Kier alpha value is -1.95. The maximum absolute atomic E-state index is 8.93. The molecule has 0 unspecified atom stereocenters. The summed E-state index contributed by atoms with van der Waals surface area (Å²) >= 11 is 0. The second kappa shape index (κ2) is 5.14. The number of hydrogen-bond donors (Lipinski definition) is 2. The summed E-state index contributed by atoms with van der Waals surface area (Å²) in [6.07, 6.45) is 0.787. The number of nitrogens with two attached hydrogens (primary N) is 1. The summed E-state index contributed by atoms with van der Waals surface area (Å²) in [4.78, 5) is 0. The number of rotatable bonds is 4. The molecule has 6 nitrogen and oxygen atoms in total. The van der Waals surface area contributed by atoms with E-state index >= 15 is 0 Å². The summed E-state index contributed by atoms with van der Waals surface area (Å²) in [6.45, 7) is 4.32. The molecule has 0 bridgehead atoms. The summed E-state index contributed by atoms with van der Waals surface area (Å²) in [5.74, 6) is 0.538. The fraction of sp³-hybridized carbons (Fsp3) is 0.417. The Morgan fingerprint density at radius 2 is 2.11 bits per heavy atom. The highest BCUT2D eigenvalue weighted by Gasteiger charge is 2.12. The van der Waals surface area contributed by atoms with Gasteiger partial charge in [-0.25, -0.2) is 4.68 Å². The lowest BCUT2D eigenvalue weighted by Gasteiger charge is -2.04. The molecule has 0 aliphatic rings. The Kier molecular flexibility index (Phi) is 3.57. The van der Waals surface area contributed by atoms with Crippen molar-refractivity contribution in [1.82, 2.24) is 20.0 Å². The van der Waals surface area contributed by atoms with Crippen LogP contribution in [0.3, 0.4) is 0 Å². The molecule has 96 valence electrons. The van der Waals surface area contributed by atoms with E-state index in [4.69, 9.17) is 10.8 Å². The van der Waals surface area contributed by atoms with Gasteiger partial charge in [0.2, 0.25) is 0 Å². The topological polar surface area (TPSA) is 89.8 Å². The van der Waals surface area contributed by atoms with Gasteiger partial charge in [-0.2, -0.15) is 15.3 Å². The Morgan fingerprint density at radius 3 is 2.78 bits per heavy atom. The average Bonchev–Trinajstić information content (AvgIpc) is 2.71. The summed E-state index contributed by atoms with van der Waals surface area (Å²) in [5.41, 5.74) is 9.32. The quantitative estimate of drug-likeness (QED) is 0.833. The number of hydrogen-bond acceptors (Lipinski definition) is 5. The van der Waals surface area contributed by atoms with Crippen LogP contribution in [0.1, 0.15) is 18.3 Å². The first kappa shape index (κ1) is 12.5. The highest BCUT2D eigenvalue weighted by Crippen LogP contribution is 2.23. The first-order valence-electron chi connectivity index (χ1n) is 5.93. The van der Waals surface area contributed by atoms with Crippen LogP contribution in [-0.2, 0) is 13.0 Å². The zero-order valence-electron chi connectivity index (χ0n) is 10.6. The van der Waals surface area contributed by atoms with Gasteiger partial charge in [-0.15, -0.1) is 0 Å². The van der Waals surface area contributed by atoms with Gasteiger partial charge in [-0.1, -0.05) is 6.92 Å². The number of aliphatic hydroxyl groups is 1. The Balaban J connectivity index is 2.47. The molecular formula is C12H17N5O. The smallest absolute Gasteiger partial charge is 0.122 e. The Morgan fingerprint density at radius 1 is 1.33 bits per heavy atom. The lowest BCUT2D eigenvalue weighted by Crippen LogP contribution is -2.07. The van der Waals surface area contributed by atoms with E-state index in [0.717, 1.165) is 29.1 Å². The molecule has 0 amide bonds. The van der Waals surface area contributed by atoms with Crippen molar-refractivity contribution in [3.63, 3.8) is 0 Å². The van der Waals surface area contributed by atoms with Crippen molar-refractivity contribution in [2.24, 2.45) is 0 Å². The van der Waals surface area contributed by atoms with Gasteiger partial charge >= 0.3 is 0 Å². The first-order chi connectivity index (χ1) is 8.65. The molecule has 2 heterocycles. The number of nitrogens with zero attached hydrogens (tertiary/aromatic N) is 4. The molecule has 18 heavy (non-hydrogen) atoms. The van der Waals surface area contributed by atoms with Crippen LogP contribution in [0.4, 0.5) is 5.82 Å². The molecule has 0 aliphatic carbocycles. The fourth-order valence-electron chi connectivity index (χ4n) is 1.83. The SMILES string of the molecule is CCc1nnc(C)cc1-c1cc(N)n(CCO)n1. The van der Waals surface area contributed by atoms with Crippen molar-refractivity contribution in [3.8, 4) is 11.3 Å². The van der Waals surface area contributed by atoms with Gasteiger partial charge < -0.3 is 10.8 Å². The van der Waals surface area contributed by atoms with Crippen LogP contribution >= 0.6 is 0 Å². The maximum Gasteiger partial charge on any atom is 0.122 e. The predicted octanol–water partition coefficient (Wildman–Crippen LogP) is 0.785. The molecule has 0 fully saturated rings. The minimum Gasteiger partial charge on any atom is -0.394 e. The maximum atomic E-state index is 8.93. The normalized spacial score (nSPS) is 10.8. The minimum absolute atomic E-state index is 0.0135. The van der Waals surface area contributed by atoms with Crippen LogP contribution in [0.5, 0.6) is 0 Å². The van der Waals surface area contributed by atoms with E-state index < -0.39 is 0 Å². The largest absolute Gasteiger partial charge is 0.394 e. The number of aryl methyl sites for hydroxylation is 2. The minimum atomic E-state index is 0.0135. The van der Waals surface area contributed by atoms with E-state index in [1.807, 2.05) is 19.9 Å². The third-order valence-electron chi connectivity index (χ3n) is 2.73. The van der Waals surface area contributed by atoms with E-state index in [9.17, 15) is 0 Å². The zero-order valence-corrected chi connectivity index (χ0v) is 10.6. The van der Waals surface area contributed by atoms with Gasteiger partial charge in [0.25, 0.3) is 0 Å². The van der Waals surface area contributed by atoms with E-state index in [0.29, 0.717) is 12.4 Å². The van der Waals surface area contributed by atoms with Gasteiger partial charge in [0.15, 0.2) is 0 Å². The predicted molar refractivity (Wildman–Crippen MR) is 68.9 cm³/mol. The van der Waals surface area contributed by atoms with Crippen molar-refractivity contribution >= 4 is 5.82 Å². The number of aromatic nitrogens is 4. The zero-order chi connectivity index (χ0) is 13.1. The lowest BCUT2D eigenvalue weighted by atomic mass is 10.1. The summed E-state index contributed by atoms with van der Waals surface area (Å²) in [6, 6.07) is 3.75. The first-order valence-corrected chi connectivity index (χ1v) is 5.93. The van der Waals surface area contributed by atoms with Crippen LogP contribution in [0.25, 0.3) is 11.3 Å². The molecule has 0 aromatic carbocycles. The molecule has 3 N–H and O–H groups in total. The highest BCUT2D eigenvalue weighted by atomic mass is 16.3. The van der Waals surface area contributed by atoms with Crippen molar-refractivity contribution < 1.29 is 5.11 Å². The fourth-order valence-corrected chi connectivity index (χ4v) is 1.83. The summed E-state index contributed by atoms with van der Waals surface area (Å²) in [5, 5.41) is 21.5. The van der Waals surface area contributed by atoms with Gasteiger partial charge in [0, 0.05) is 11.6 Å². The molecule has 2 aromatic heterocycles. The number of nitrogen functional groups attached to an aromatic ring is 1. The number of anilines is 1. The van der Waals surface area contributed by atoms with Gasteiger partial charge in [-0.05, 0) is 19.4 Å². The molecule has 2 aromatic rings. The van der Waals surface area contributed by atoms with Crippen LogP contribution in [-0.4, -0.2) is 31.7 Å². The molecule has 6 heteroatoms. The number of aliphatic hydroxyl groups excluding tert-OH is 1. The van der Waals surface area contributed by atoms with Crippen LogP contribution in [0.2, 0.25) is 0 Å². The molecular weight excluding hydrogens is 230 g/mol. The van der Waals surface area contributed by atoms with Gasteiger partial charge in [-0.3, -0.25) is 0 Å². The van der Waals surface area contributed by atoms with E-state index in [2.05, 4.69) is 15.3 Å². The summed E-state index contributed by atoms with van der Waals surface area (Å²) < 4.78 is 1.59. The van der Waals surface area contributed by atoms with E-state index in [1.54, 1.807) is 10.7 Å². The molecule has 2 rings (SSSR count). The van der Waals surface area contributed by atoms with Crippen molar-refractivity contribution in [2.45, 2.75) is 26.8 Å². The lowest BCUT2D eigenvalue weighted by molar-refractivity contribution is 0.270. The van der Waals surface area contributed by atoms with Crippen LogP contribution in [0, 0.1) is 6.92 Å². The van der Waals surface area contributed by atoms with Crippen molar-refractivity contribution in [1.29, 1.82) is 0 Å². The average molecular weight is 247 g/mol. The summed E-state index contributed by atoms with van der Waals surface area (Å²) in [7, 11) is 0. The second-order valence-electron chi connectivity index (χ2n) is 4.10. The van der Waals surface area contributed by atoms with Crippen LogP contribution in [0.15, 0.2) is 12.1 Å². The second-order valence-corrected chi connectivity index (χ2v) is 4.10. The molecule has 0 saturated heterocycles. The van der Waals surface area contributed by atoms with Gasteiger partial charge in [0.1, 0.15) is 5.82 Å². The highest BCUT2D eigenvalue weighted by molar-refractivity contribution is 5.64. The van der Waals surface area contributed by atoms with E-state index in [1.165, 1.54) is 0 Å². The Bertz CT molecular complexity index is 549. The van der Waals surface area contributed by atoms with Crippen molar-refractivity contribution in [3.05, 3.63) is 23.5 Å². The molecule has 0 spiro atoms. The molecule has 0 saturated carbocycles. The van der Waals surface area contributed by atoms with E-state index in [-0.39, 0.29) is 6.61 Å². The molecule has 0 radical (unpaired) electrons. The third-order valence-corrected chi connectivity index (χ3v) is 2.73. The molecule has 0 atom stereocenters. The van der Waals surface area contributed by atoms with Crippen molar-refractivity contribution in [2.75, 3.05) is 12.3 Å². The monoisotopic (exact) mass is 247 g/mol. The van der Waals surface area contributed by atoms with Gasteiger partial charge in [0.05, 0.1) is 30.2 Å². The Labute approximate surface area is 105 Å². The molecule has 0 aliphatic heterocycles. The standard InChI is InChI=1S/C12H17N5O/c1-3-10-9(6-8(2)14-15-10)11-7-12(13)17(16-11)4-5-18/h6-7,18H,3-5,13H2,1-2H3. The third kappa shape index (κ3) is 2.33.